The normalized spacial score (nSPS) is 15.1. The summed E-state index contributed by atoms with van der Waals surface area (Å²) in [6.45, 7) is 1.10. The van der Waals surface area contributed by atoms with Crippen LogP contribution in [0.4, 0.5) is 5.69 Å². The van der Waals surface area contributed by atoms with Gasteiger partial charge in [0, 0.05) is 29.2 Å². The molecular formula is C22H23N3O3S2. The van der Waals surface area contributed by atoms with E-state index < -0.39 is 10.0 Å². The number of amides is 1. The van der Waals surface area contributed by atoms with Gasteiger partial charge in [-0.05, 0) is 31.0 Å². The number of piperidine rings is 1. The lowest BCUT2D eigenvalue weighted by atomic mass is 10.1. The van der Waals surface area contributed by atoms with E-state index in [1.54, 1.807) is 23.7 Å². The van der Waals surface area contributed by atoms with Gasteiger partial charge in [-0.25, -0.2) is 13.4 Å². The van der Waals surface area contributed by atoms with Crippen LogP contribution in [0, 0.1) is 0 Å². The quantitative estimate of drug-likeness (QED) is 0.623. The number of carbonyl (C=O) groups excluding carboxylic acids is 1. The van der Waals surface area contributed by atoms with Crippen LogP contribution in [0.1, 0.15) is 24.1 Å². The largest absolute Gasteiger partial charge is 0.326 e. The fourth-order valence-electron chi connectivity index (χ4n) is 3.57. The zero-order valence-electron chi connectivity index (χ0n) is 16.5. The molecule has 2 aromatic carbocycles. The molecule has 0 unspecified atom stereocenters. The van der Waals surface area contributed by atoms with Crippen LogP contribution in [-0.2, 0) is 21.2 Å². The zero-order valence-corrected chi connectivity index (χ0v) is 18.1. The van der Waals surface area contributed by atoms with Gasteiger partial charge in [0.05, 0.1) is 22.5 Å². The van der Waals surface area contributed by atoms with Crippen molar-refractivity contribution in [2.45, 2.75) is 30.6 Å². The summed E-state index contributed by atoms with van der Waals surface area (Å²) in [6, 6.07) is 16.2. The first-order chi connectivity index (χ1) is 14.5. The van der Waals surface area contributed by atoms with E-state index >= 15 is 0 Å². The van der Waals surface area contributed by atoms with Crippen molar-refractivity contribution >= 4 is 33.0 Å². The van der Waals surface area contributed by atoms with Crippen molar-refractivity contribution in [3.05, 3.63) is 65.0 Å². The van der Waals surface area contributed by atoms with E-state index in [2.05, 4.69) is 10.3 Å². The van der Waals surface area contributed by atoms with Gasteiger partial charge in [0.1, 0.15) is 0 Å². The summed E-state index contributed by atoms with van der Waals surface area (Å²) in [6.07, 6.45) is 3.01. The summed E-state index contributed by atoms with van der Waals surface area (Å²) >= 11 is 1.43. The Kier molecular flexibility index (Phi) is 6.26. The third-order valence-corrected chi connectivity index (χ3v) is 7.81. The summed E-state index contributed by atoms with van der Waals surface area (Å²) in [5, 5.41) is 2.83. The third kappa shape index (κ3) is 4.61. The Bertz CT molecular complexity index is 1120. The second kappa shape index (κ2) is 9.07. The maximum Gasteiger partial charge on any atom is 0.243 e. The smallest absolute Gasteiger partial charge is 0.243 e. The van der Waals surface area contributed by atoms with E-state index in [4.69, 9.17) is 0 Å². The minimum Gasteiger partial charge on any atom is -0.326 e. The number of hydrogen-bond acceptors (Lipinski definition) is 5. The first kappa shape index (κ1) is 20.7. The van der Waals surface area contributed by atoms with Crippen LogP contribution in [0.3, 0.4) is 0 Å². The maximum atomic E-state index is 12.9. The van der Waals surface area contributed by atoms with Gasteiger partial charge in [0.2, 0.25) is 15.9 Å². The Hall–Kier alpha value is -2.55. The molecule has 3 aromatic rings. The van der Waals surface area contributed by atoms with Crippen molar-refractivity contribution in [1.82, 2.24) is 9.29 Å². The Balaban J connectivity index is 1.47. The fourth-order valence-corrected chi connectivity index (χ4v) is 5.91. The molecule has 1 saturated heterocycles. The minimum absolute atomic E-state index is 0.179. The van der Waals surface area contributed by atoms with Crippen molar-refractivity contribution in [3.8, 4) is 11.3 Å². The van der Waals surface area contributed by atoms with E-state index in [0.717, 1.165) is 35.4 Å². The first-order valence-electron chi connectivity index (χ1n) is 9.92. The highest BCUT2D eigenvalue weighted by Crippen LogP contribution is 2.27. The zero-order chi connectivity index (χ0) is 21.0. The number of hydrogen-bond donors (Lipinski definition) is 1. The summed E-state index contributed by atoms with van der Waals surface area (Å²) in [4.78, 5) is 18.1. The summed E-state index contributed by atoms with van der Waals surface area (Å²) < 4.78 is 27.3. The van der Waals surface area contributed by atoms with E-state index in [1.165, 1.54) is 21.7 Å². The summed E-state index contributed by atoms with van der Waals surface area (Å²) in [7, 11) is -3.54. The molecule has 156 valence electrons. The molecule has 6 nitrogen and oxygen atoms in total. The molecule has 2 heterocycles. The SMILES string of the molecule is O=C(Cc1scnc1-c1ccccc1)Nc1cccc(S(=O)(=O)N2CCCCC2)c1. The molecule has 1 aromatic heterocycles. The predicted molar refractivity (Wildman–Crippen MR) is 119 cm³/mol. The van der Waals surface area contributed by atoms with Crippen LogP contribution in [0.5, 0.6) is 0 Å². The lowest BCUT2D eigenvalue weighted by Gasteiger charge is -2.26. The average Bonchev–Trinajstić information content (AvgIpc) is 3.23. The Morgan fingerprint density at radius 3 is 2.57 bits per heavy atom. The second-order valence-electron chi connectivity index (χ2n) is 7.21. The van der Waals surface area contributed by atoms with Crippen LogP contribution in [0.2, 0.25) is 0 Å². The molecule has 1 N–H and O–H groups in total. The Labute approximate surface area is 180 Å². The van der Waals surface area contributed by atoms with Crippen molar-refractivity contribution in [1.29, 1.82) is 0 Å². The van der Waals surface area contributed by atoms with Gasteiger partial charge in [-0.1, -0.05) is 42.8 Å². The number of anilines is 1. The molecule has 8 heteroatoms. The van der Waals surface area contributed by atoms with E-state index in [-0.39, 0.29) is 17.2 Å². The van der Waals surface area contributed by atoms with Crippen LogP contribution >= 0.6 is 11.3 Å². The number of carbonyl (C=O) groups is 1. The molecule has 0 aliphatic carbocycles. The minimum atomic E-state index is -3.54. The van der Waals surface area contributed by atoms with Crippen LogP contribution in [0.15, 0.2) is 65.0 Å². The number of thiazole rings is 1. The average molecular weight is 442 g/mol. The number of nitrogens with one attached hydrogen (secondary N) is 1. The van der Waals surface area contributed by atoms with Gasteiger partial charge >= 0.3 is 0 Å². The van der Waals surface area contributed by atoms with Gasteiger partial charge < -0.3 is 5.32 Å². The lowest BCUT2D eigenvalue weighted by molar-refractivity contribution is -0.115. The molecule has 0 spiro atoms. The van der Waals surface area contributed by atoms with Crippen molar-refractivity contribution in [2.24, 2.45) is 0 Å². The second-order valence-corrected chi connectivity index (χ2v) is 10.1. The van der Waals surface area contributed by atoms with E-state index in [9.17, 15) is 13.2 Å². The molecule has 1 amide bonds. The lowest BCUT2D eigenvalue weighted by Crippen LogP contribution is -2.35. The Morgan fingerprint density at radius 1 is 1.03 bits per heavy atom. The molecule has 4 rings (SSSR count). The Morgan fingerprint density at radius 2 is 1.80 bits per heavy atom. The van der Waals surface area contributed by atoms with Crippen molar-refractivity contribution in [2.75, 3.05) is 18.4 Å². The highest BCUT2D eigenvalue weighted by atomic mass is 32.2. The van der Waals surface area contributed by atoms with E-state index in [0.29, 0.717) is 18.8 Å². The van der Waals surface area contributed by atoms with Gasteiger partial charge in [0.15, 0.2) is 0 Å². The molecule has 0 radical (unpaired) electrons. The molecule has 0 bridgehead atoms. The van der Waals surface area contributed by atoms with Crippen molar-refractivity contribution in [3.63, 3.8) is 0 Å². The standard InChI is InChI=1S/C22H23N3O3S2/c26-21(15-20-22(23-16-29-20)17-8-3-1-4-9-17)24-18-10-7-11-19(14-18)30(27,28)25-12-5-2-6-13-25/h1,3-4,7-11,14,16H,2,5-6,12-13,15H2,(H,24,26). The summed E-state index contributed by atoms with van der Waals surface area (Å²) in [5.74, 6) is -0.205. The van der Waals surface area contributed by atoms with Gasteiger partial charge in [-0.3, -0.25) is 4.79 Å². The van der Waals surface area contributed by atoms with E-state index in [1.807, 2.05) is 30.3 Å². The third-order valence-electron chi connectivity index (χ3n) is 5.08. The monoisotopic (exact) mass is 441 g/mol. The molecule has 0 saturated carbocycles. The van der Waals surface area contributed by atoms with Crippen LogP contribution < -0.4 is 5.32 Å². The molecule has 30 heavy (non-hydrogen) atoms. The number of rotatable bonds is 6. The summed E-state index contributed by atoms with van der Waals surface area (Å²) in [5.41, 5.74) is 3.98. The molecule has 0 atom stereocenters. The molecule has 1 aliphatic heterocycles. The van der Waals surface area contributed by atoms with Gasteiger partial charge in [-0.15, -0.1) is 11.3 Å². The molecular weight excluding hydrogens is 418 g/mol. The molecule has 1 aliphatic rings. The van der Waals surface area contributed by atoms with Crippen molar-refractivity contribution < 1.29 is 13.2 Å². The first-order valence-corrected chi connectivity index (χ1v) is 12.2. The van der Waals surface area contributed by atoms with Crippen LogP contribution in [-0.4, -0.2) is 36.7 Å². The van der Waals surface area contributed by atoms with Crippen LogP contribution in [0.25, 0.3) is 11.3 Å². The maximum absolute atomic E-state index is 12.9. The molecule has 1 fully saturated rings. The highest BCUT2D eigenvalue weighted by Gasteiger charge is 2.26. The number of benzene rings is 2. The highest BCUT2D eigenvalue weighted by molar-refractivity contribution is 7.89. The predicted octanol–water partition coefficient (Wildman–Crippen LogP) is 4.17. The topological polar surface area (TPSA) is 79.4 Å². The fraction of sp³-hybridized carbons (Fsp3) is 0.273. The van der Waals surface area contributed by atoms with Gasteiger partial charge in [0.25, 0.3) is 0 Å². The van der Waals surface area contributed by atoms with Gasteiger partial charge in [-0.2, -0.15) is 4.31 Å². The number of aromatic nitrogens is 1. The number of sulfonamides is 1. The number of nitrogens with zero attached hydrogens (tertiary/aromatic N) is 2.